The highest BCUT2D eigenvalue weighted by Crippen LogP contribution is 2.23. The minimum Gasteiger partial charge on any atom is -0.463 e. The van der Waals surface area contributed by atoms with Gasteiger partial charge < -0.3 is 10.1 Å². The summed E-state index contributed by atoms with van der Waals surface area (Å²) in [5, 5.41) is 3.13. The molecule has 1 heterocycles. The van der Waals surface area contributed by atoms with Crippen LogP contribution in [-0.2, 0) is 16.0 Å². The number of benzene rings is 1. The van der Waals surface area contributed by atoms with Crippen LogP contribution >= 0.6 is 0 Å². The molecule has 0 fully saturated rings. The van der Waals surface area contributed by atoms with Crippen molar-refractivity contribution in [3.05, 3.63) is 47.7 Å². The molecule has 0 saturated carbocycles. The van der Waals surface area contributed by atoms with Gasteiger partial charge in [0.2, 0.25) is 0 Å². The number of carbonyl (C=O) groups is 1. The molecule has 96 valence electrons. The van der Waals surface area contributed by atoms with Crippen molar-refractivity contribution in [2.45, 2.75) is 19.8 Å². The first kappa shape index (κ1) is 12.7. The van der Waals surface area contributed by atoms with Gasteiger partial charge in [-0.25, -0.2) is 4.79 Å². The molecule has 2 rings (SSSR count). The van der Waals surface area contributed by atoms with Gasteiger partial charge >= 0.3 is 5.97 Å². The Balaban J connectivity index is 2.08. The van der Waals surface area contributed by atoms with Crippen molar-refractivity contribution in [2.75, 3.05) is 13.2 Å². The van der Waals surface area contributed by atoms with Crippen molar-refractivity contribution >= 4 is 5.97 Å². The molecular weight excluding hydrogens is 226 g/mol. The van der Waals surface area contributed by atoms with E-state index in [1.54, 1.807) is 0 Å². The minimum absolute atomic E-state index is 0.189. The average Bonchev–Trinajstić information content (AvgIpc) is 2.41. The zero-order valence-electron chi connectivity index (χ0n) is 10.7. The molecule has 0 spiro atoms. The lowest BCUT2D eigenvalue weighted by molar-refractivity contribution is -0.139. The smallest absolute Gasteiger partial charge is 0.335 e. The van der Waals surface area contributed by atoms with Gasteiger partial charge in [0.05, 0.1) is 12.2 Å². The Bertz CT molecular complexity index is 425. The number of rotatable bonds is 4. The molecule has 18 heavy (non-hydrogen) atoms. The molecule has 0 saturated heterocycles. The van der Waals surface area contributed by atoms with Gasteiger partial charge in [0.25, 0.3) is 0 Å². The Morgan fingerprint density at radius 1 is 1.39 bits per heavy atom. The van der Waals surface area contributed by atoms with Gasteiger partial charge in [0, 0.05) is 12.7 Å². The Hall–Kier alpha value is -1.77. The monoisotopic (exact) mass is 245 g/mol. The molecule has 1 aliphatic heterocycles. The largest absolute Gasteiger partial charge is 0.463 e. The summed E-state index contributed by atoms with van der Waals surface area (Å²) in [5.74, 6) is 0.0679. The zero-order chi connectivity index (χ0) is 12.8. The van der Waals surface area contributed by atoms with Crippen LogP contribution in [0.1, 0.15) is 18.9 Å². The van der Waals surface area contributed by atoms with Crippen LogP contribution in [0.4, 0.5) is 0 Å². The van der Waals surface area contributed by atoms with Gasteiger partial charge in [-0.15, -0.1) is 0 Å². The van der Waals surface area contributed by atoms with Crippen molar-refractivity contribution in [1.29, 1.82) is 0 Å². The third-order valence-electron chi connectivity index (χ3n) is 3.17. The van der Waals surface area contributed by atoms with Gasteiger partial charge in [0.15, 0.2) is 0 Å². The minimum atomic E-state index is -0.189. The van der Waals surface area contributed by atoms with Crippen molar-refractivity contribution in [3.63, 3.8) is 0 Å². The molecule has 0 aliphatic carbocycles. The van der Waals surface area contributed by atoms with Crippen LogP contribution in [0.25, 0.3) is 0 Å². The molecule has 1 aromatic rings. The Kier molecular flexibility index (Phi) is 4.40. The maximum absolute atomic E-state index is 11.9. The third kappa shape index (κ3) is 3.13. The predicted octanol–water partition coefficient (Wildman–Crippen LogP) is 2.29. The number of hydrogen-bond donors (Lipinski definition) is 1. The number of esters is 1. The van der Waals surface area contributed by atoms with Crippen LogP contribution in [0.3, 0.4) is 0 Å². The van der Waals surface area contributed by atoms with Crippen LogP contribution in [0.5, 0.6) is 0 Å². The van der Waals surface area contributed by atoms with Crippen LogP contribution in [-0.4, -0.2) is 19.1 Å². The highest BCUT2D eigenvalue weighted by atomic mass is 16.5. The van der Waals surface area contributed by atoms with E-state index in [0.29, 0.717) is 6.61 Å². The van der Waals surface area contributed by atoms with E-state index in [2.05, 4.69) is 17.4 Å². The van der Waals surface area contributed by atoms with Crippen LogP contribution in [0.2, 0.25) is 0 Å². The molecule has 1 N–H and O–H groups in total. The van der Waals surface area contributed by atoms with Crippen molar-refractivity contribution in [1.82, 2.24) is 5.32 Å². The highest BCUT2D eigenvalue weighted by Gasteiger charge is 2.24. The zero-order valence-corrected chi connectivity index (χ0v) is 10.7. The van der Waals surface area contributed by atoms with E-state index in [1.165, 1.54) is 5.56 Å². The van der Waals surface area contributed by atoms with Crippen molar-refractivity contribution in [3.8, 4) is 0 Å². The first-order chi connectivity index (χ1) is 8.81. The van der Waals surface area contributed by atoms with Crippen molar-refractivity contribution < 1.29 is 9.53 Å². The average molecular weight is 245 g/mol. The fourth-order valence-corrected chi connectivity index (χ4v) is 2.26. The summed E-state index contributed by atoms with van der Waals surface area (Å²) in [7, 11) is 0. The quantitative estimate of drug-likeness (QED) is 0.827. The van der Waals surface area contributed by atoms with Gasteiger partial charge in [-0.2, -0.15) is 0 Å². The Labute approximate surface area is 108 Å². The summed E-state index contributed by atoms with van der Waals surface area (Å²) in [4.78, 5) is 11.9. The number of ether oxygens (including phenoxy) is 1. The molecule has 1 atom stereocenters. The summed E-state index contributed by atoms with van der Waals surface area (Å²) >= 11 is 0. The fraction of sp³-hybridized carbons (Fsp3) is 0.400. The summed E-state index contributed by atoms with van der Waals surface area (Å²) in [5.41, 5.74) is 2.03. The topological polar surface area (TPSA) is 38.3 Å². The van der Waals surface area contributed by atoms with Gasteiger partial charge in [0.1, 0.15) is 0 Å². The maximum Gasteiger partial charge on any atom is 0.335 e. The number of nitrogens with one attached hydrogen (secondary N) is 1. The second-order valence-corrected chi connectivity index (χ2v) is 4.45. The summed E-state index contributed by atoms with van der Waals surface area (Å²) in [6.07, 6.45) is 3.68. The third-order valence-corrected chi connectivity index (χ3v) is 3.17. The summed E-state index contributed by atoms with van der Waals surface area (Å²) < 4.78 is 5.10. The second kappa shape index (κ2) is 6.24. The van der Waals surface area contributed by atoms with Crippen LogP contribution in [0.15, 0.2) is 42.1 Å². The van der Waals surface area contributed by atoms with E-state index in [-0.39, 0.29) is 11.9 Å². The van der Waals surface area contributed by atoms with E-state index < -0.39 is 0 Å². The molecule has 1 unspecified atom stereocenters. The lowest BCUT2D eigenvalue weighted by Crippen LogP contribution is -2.28. The molecule has 3 heteroatoms. The molecule has 3 nitrogen and oxygen atoms in total. The van der Waals surface area contributed by atoms with E-state index in [0.717, 1.165) is 25.0 Å². The molecule has 0 bridgehead atoms. The van der Waals surface area contributed by atoms with Crippen molar-refractivity contribution in [2.24, 2.45) is 5.92 Å². The van der Waals surface area contributed by atoms with Crippen LogP contribution < -0.4 is 5.32 Å². The number of hydrogen-bond acceptors (Lipinski definition) is 3. The first-order valence-corrected chi connectivity index (χ1v) is 6.45. The summed E-state index contributed by atoms with van der Waals surface area (Å²) in [6, 6.07) is 10.3. The normalized spacial score (nSPS) is 18.7. The van der Waals surface area contributed by atoms with Gasteiger partial charge in [-0.1, -0.05) is 30.3 Å². The molecular formula is C15H19NO2. The second-order valence-electron chi connectivity index (χ2n) is 4.45. The fourth-order valence-electron chi connectivity index (χ4n) is 2.26. The highest BCUT2D eigenvalue weighted by molar-refractivity contribution is 5.89. The molecule has 1 aliphatic rings. The summed E-state index contributed by atoms with van der Waals surface area (Å²) in [6.45, 7) is 3.18. The maximum atomic E-state index is 11.9. The van der Waals surface area contributed by atoms with Gasteiger partial charge in [-0.05, 0) is 31.2 Å². The number of carbonyl (C=O) groups excluding carboxylic acids is 1. The molecule has 1 aromatic carbocycles. The van der Waals surface area contributed by atoms with Gasteiger partial charge in [-0.3, -0.25) is 0 Å². The van der Waals surface area contributed by atoms with Crippen LogP contribution in [0, 0.1) is 5.92 Å². The lowest BCUT2D eigenvalue weighted by atomic mass is 9.88. The van der Waals surface area contributed by atoms with E-state index in [4.69, 9.17) is 4.74 Å². The van der Waals surface area contributed by atoms with E-state index >= 15 is 0 Å². The molecule has 0 amide bonds. The van der Waals surface area contributed by atoms with E-state index in [9.17, 15) is 4.79 Å². The standard InChI is InChI=1S/C15H19NO2/c1-2-18-15(17)14-11-16-9-8-13(14)10-12-6-4-3-5-7-12/h3-7,11,13,16H,2,8-10H2,1H3. The molecule has 0 aromatic heterocycles. The first-order valence-electron chi connectivity index (χ1n) is 6.45. The predicted molar refractivity (Wildman–Crippen MR) is 71.0 cm³/mol. The Morgan fingerprint density at radius 3 is 2.89 bits per heavy atom. The molecule has 0 radical (unpaired) electrons. The SMILES string of the molecule is CCOC(=O)C1=CNCCC1Cc1ccccc1. The lowest BCUT2D eigenvalue weighted by Gasteiger charge is -2.23. The Morgan fingerprint density at radius 2 is 2.17 bits per heavy atom. The van der Waals surface area contributed by atoms with E-state index in [1.807, 2.05) is 31.3 Å².